The van der Waals surface area contributed by atoms with Crippen LogP contribution in [0.25, 0.3) is 0 Å². The molecule has 29 heavy (non-hydrogen) atoms. The first-order chi connectivity index (χ1) is 13.8. The number of thiazole rings is 1. The minimum atomic E-state index is -0.293. The van der Waals surface area contributed by atoms with Crippen LogP contribution in [0.1, 0.15) is 53.8 Å². The Morgan fingerprint density at radius 2 is 2.00 bits per heavy atom. The van der Waals surface area contributed by atoms with Gasteiger partial charge >= 0.3 is 0 Å². The summed E-state index contributed by atoms with van der Waals surface area (Å²) in [6.07, 6.45) is 3.40. The van der Waals surface area contributed by atoms with Crippen LogP contribution >= 0.6 is 11.3 Å². The second kappa shape index (κ2) is 9.45. The maximum Gasteiger partial charge on any atom is 0.276 e. The monoisotopic (exact) mass is 415 g/mol. The van der Waals surface area contributed by atoms with Crippen LogP contribution in [0.2, 0.25) is 0 Å². The van der Waals surface area contributed by atoms with Gasteiger partial charge in [-0.15, -0.1) is 11.3 Å². The van der Waals surface area contributed by atoms with Gasteiger partial charge in [0.15, 0.2) is 0 Å². The largest absolute Gasteiger partial charge is 0.346 e. The number of carbonyl (C=O) groups is 2. The van der Waals surface area contributed by atoms with Crippen molar-refractivity contribution in [3.05, 3.63) is 40.0 Å². The summed E-state index contributed by atoms with van der Waals surface area (Å²) < 4.78 is 0. The highest BCUT2D eigenvalue weighted by Gasteiger charge is 2.28. The van der Waals surface area contributed by atoms with E-state index in [1.807, 2.05) is 19.1 Å². The van der Waals surface area contributed by atoms with Gasteiger partial charge in [-0.2, -0.15) is 0 Å². The average molecular weight is 416 g/mol. The van der Waals surface area contributed by atoms with Crippen molar-refractivity contribution in [2.45, 2.75) is 39.7 Å². The second-order valence-corrected chi connectivity index (χ2v) is 8.89. The molecule has 0 aliphatic carbocycles. The number of aromatic nitrogens is 2. The average Bonchev–Trinajstić information content (AvgIpc) is 3.18. The minimum absolute atomic E-state index is 0.0438. The summed E-state index contributed by atoms with van der Waals surface area (Å²) in [5.74, 6) is 0.538. The molecule has 0 radical (unpaired) electrons. The van der Waals surface area contributed by atoms with Gasteiger partial charge in [-0.05, 0) is 57.5 Å². The molecule has 0 aromatic carbocycles. The Kier molecular flexibility index (Phi) is 6.97. The van der Waals surface area contributed by atoms with Crippen LogP contribution in [-0.4, -0.2) is 46.8 Å². The van der Waals surface area contributed by atoms with Crippen LogP contribution in [0.5, 0.6) is 0 Å². The number of amides is 2. The maximum atomic E-state index is 12.8. The van der Waals surface area contributed by atoms with Crippen LogP contribution in [0.3, 0.4) is 0 Å². The lowest BCUT2D eigenvalue weighted by Gasteiger charge is -2.30. The van der Waals surface area contributed by atoms with Crippen molar-refractivity contribution in [2.24, 2.45) is 11.8 Å². The van der Waals surface area contributed by atoms with Gasteiger partial charge in [0.05, 0.1) is 6.04 Å². The predicted octanol–water partition coefficient (Wildman–Crippen LogP) is 3.25. The molecular weight excluding hydrogens is 386 g/mol. The number of hydrogen-bond donors (Lipinski definition) is 2. The molecule has 1 fully saturated rings. The number of anilines is 1. The SMILES string of the molecule is Cc1cccnc1NC(=O)c1csc([C@@H](NC(=O)C2CCN(C)CC2)C(C)C)n1. The highest BCUT2D eigenvalue weighted by Crippen LogP contribution is 2.27. The number of rotatable bonds is 6. The third-order valence-corrected chi connectivity index (χ3v) is 6.24. The molecule has 1 aliphatic heterocycles. The lowest BCUT2D eigenvalue weighted by Crippen LogP contribution is -2.41. The highest BCUT2D eigenvalue weighted by molar-refractivity contribution is 7.10. The zero-order valence-corrected chi connectivity index (χ0v) is 18.3. The fourth-order valence-electron chi connectivity index (χ4n) is 3.38. The molecule has 0 saturated carbocycles. The molecule has 2 N–H and O–H groups in total. The van der Waals surface area contributed by atoms with E-state index in [0.29, 0.717) is 11.5 Å². The van der Waals surface area contributed by atoms with E-state index < -0.39 is 0 Å². The Balaban J connectivity index is 1.68. The molecule has 8 heteroatoms. The number of nitrogens with one attached hydrogen (secondary N) is 2. The zero-order chi connectivity index (χ0) is 21.0. The van der Waals surface area contributed by atoms with Crippen molar-refractivity contribution < 1.29 is 9.59 Å². The van der Waals surface area contributed by atoms with Crippen LogP contribution in [0.15, 0.2) is 23.7 Å². The van der Waals surface area contributed by atoms with Crippen molar-refractivity contribution in [1.82, 2.24) is 20.2 Å². The first-order valence-corrected chi connectivity index (χ1v) is 10.9. The normalized spacial score (nSPS) is 16.6. The van der Waals surface area contributed by atoms with Gasteiger partial charge in [0.2, 0.25) is 5.91 Å². The Labute approximate surface area is 175 Å². The summed E-state index contributed by atoms with van der Waals surface area (Å²) in [6, 6.07) is 3.51. The fourth-order valence-corrected chi connectivity index (χ4v) is 4.40. The van der Waals surface area contributed by atoms with Gasteiger partial charge in [-0.25, -0.2) is 9.97 Å². The quantitative estimate of drug-likeness (QED) is 0.756. The molecule has 0 bridgehead atoms. The standard InChI is InChI=1S/C21H29N5O2S/c1-13(2)17(24-19(27)15-7-10-26(4)11-8-15)21-23-16(12-29-21)20(28)25-18-14(3)6-5-9-22-18/h5-6,9,12-13,15,17H,7-8,10-11H2,1-4H3,(H,24,27)(H,22,25,28)/t17-/m0/s1. The molecule has 0 unspecified atom stereocenters. The Bertz CT molecular complexity index is 858. The Morgan fingerprint density at radius 3 is 2.66 bits per heavy atom. The van der Waals surface area contributed by atoms with Crippen LogP contribution in [0.4, 0.5) is 5.82 Å². The number of pyridine rings is 1. The number of piperidine rings is 1. The lowest BCUT2D eigenvalue weighted by atomic mass is 9.95. The van der Waals surface area contributed by atoms with Crippen molar-refractivity contribution in [2.75, 3.05) is 25.5 Å². The Hall–Kier alpha value is -2.32. The van der Waals surface area contributed by atoms with Gasteiger partial charge in [-0.1, -0.05) is 19.9 Å². The van der Waals surface area contributed by atoms with E-state index >= 15 is 0 Å². The molecule has 3 heterocycles. The first kappa shape index (κ1) is 21.4. The highest BCUT2D eigenvalue weighted by atomic mass is 32.1. The topological polar surface area (TPSA) is 87.2 Å². The Morgan fingerprint density at radius 1 is 1.28 bits per heavy atom. The van der Waals surface area contributed by atoms with E-state index in [1.165, 1.54) is 11.3 Å². The smallest absolute Gasteiger partial charge is 0.276 e. The summed E-state index contributed by atoms with van der Waals surface area (Å²) in [5.41, 5.74) is 1.23. The molecule has 3 rings (SSSR count). The van der Waals surface area contributed by atoms with Crippen LogP contribution in [0, 0.1) is 18.8 Å². The van der Waals surface area contributed by atoms with E-state index in [9.17, 15) is 9.59 Å². The van der Waals surface area contributed by atoms with Crippen molar-refractivity contribution in [3.8, 4) is 0 Å². The van der Waals surface area contributed by atoms with Gasteiger partial charge in [0, 0.05) is 17.5 Å². The van der Waals surface area contributed by atoms with Crippen LogP contribution < -0.4 is 10.6 Å². The van der Waals surface area contributed by atoms with Crippen molar-refractivity contribution >= 4 is 29.0 Å². The zero-order valence-electron chi connectivity index (χ0n) is 17.4. The molecule has 156 valence electrons. The van der Waals surface area contributed by atoms with E-state index in [2.05, 4.69) is 46.4 Å². The summed E-state index contributed by atoms with van der Waals surface area (Å²) in [6.45, 7) is 7.89. The first-order valence-electron chi connectivity index (χ1n) is 10.0. The summed E-state index contributed by atoms with van der Waals surface area (Å²) in [4.78, 5) is 36.3. The molecule has 2 amide bonds. The number of carbonyl (C=O) groups excluding carboxylic acids is 2. The summed E-state index contributed by atoms with van der Waals surface area (Å²) in [7, 11) is 2.08. The number of likely N-dealkylation sites (tertiary alicyclic amines) is 1. The molecule has 2 aromatic heterocycles. The minimum Gasteiger partial charge on any atom is -0.346 e. The van der Waals surface area contributed by atoms with Crippen molar-refractivity contribution in [1.29, 1.82) is 0 Å². The van der Waals surface area contributed by atoms with E-state index in [-0.39, 0.29) is 29.7 Å². The number of hydrogen-bond acceptors (Lipinski definition) is 6. The molecule has 2 aromatic rings. The van der Waals surface area contributed by atoms with Gasteiger partial charge in [0.1, 0.15) is 16.5 Å². The third-order valence-electron chi connectivity index (χ3n) is 5.32. The van der Waals surface area contributed by atoms with Crippen molar-refractivity contribution in [3.63, 3.8) is 0 Å². The molecular formula is C21H29N5O2S. The van der Waals surface area contributed by atoms with E-state index in [4.69, 9.17) is 0 Å². The fraction of sp³-hybridized carbons (Fsp3) is 0.524. The van der Waals surface area contributed by atoms with Gasteiger partial charge in [0.25, 0.3) is 5.91 Å². The summed E-state index contributed by atoms with van der Waals surface area (Å²) >= 11 is 1.40. The van der Waals surface area contributed by atoms with E-state index in [1.54, 1.807) is 11.6 Å². The summed E-state index contributed by atoms with van der Waals surface area (Å²) in [5, 5.41) is 8.47. The third kappa shape index (κ3) is 5.39. The molecule has 1 saturated heterocycles. The van der Waals surface area contributed by atoms with Gasteiger partial charge in [-0.3, -0.25) is 9.59 Å². The molecule has 0 spiro atoms. The number of nitrogens with zero attached hydrogens (tertiary/aromatic N) is 3. The predicted molar refractivity (Wildman–Crippen MR) is 115 cm³/mol. The molecule has 1 atom stereocenters. The second-order valence-electron chi connectivity index (χ2n) is 8.00. The maximum absolute atomic E-state index is 12.8. The number of aryl methyl sites for hydroxylation is 1. The molecule has 7 nitrogen and oxygen atoms in total. The van der Waals surface area contributed by atoms with Gasteiger partial charge < -0.3 is 15.5 Å². The van der Waals surface area contributed by atoms with E-state index in [0.717, 1.165) is 36.5 Å². The lowest BCUT2D eigenvalue weighted by molar-refractivity contribution is -0.127. The van der Waals surface area contributed by atoms with Crippen LogP contribution in [-0.2, 0) is 4.79 Å². The molecule has 1 aliphatic rings.